The van der Waals surface area contributed by atoms with Gasteiger partial charge in [-0.05, 0) is 6.92 Å². The summed E-state index contributed by atoms with van der Waals surface area (Å²) in [6, 6.07) is 1.91. The number of rotatable bonds is 0. The molecule has 0 aliphatic rings. The lowest BCUT2D eigenvalue weighted by molar-refractivity contribution is -0.155. The Bertz CT molecular complexity index is 227. The van der Waals surface area contributed by atoms with E-state index in [0.717, 1.165) is 0 Å². The standard InChI is InChI=1S/C5H3F3NO/c1-3-2-4(10-9-3)5(6,7)8/h1H3. The molecule has 1 heterocycles. The first-order valence-electron chi connectivity index (χ1n) is 2.43. The Morgan fingerprint density at radius 1 is 1.50 bits per heavy atom. The molecule has 55 valence electrons. The summed E-state index contributed by atoms with van der Waals surface area (Å²) in [6.45, 7) is 1.37. The third-order valence-corrected chi connectivity index (χ3v) is 0.826. The molecule has 2 nitrogen and oxygen atoms in total. The van der Waals surface area contributed by atoms with Crippen molar-refractivity contribution in [1.82, 2.24) is 5.16 Å². The van der Waals surface area contributed by atoms with E-state index in [1.54, 1.807) is 0 Å². The number of halogens is 3. The first kappa shape index (κ1) is 7.11. The summed E-state index contributed by atoms with van der Waals surface area (Å²) in [5, 5.41) is 3.03. The lowest BCUT2D eigenvalue weighted by atomic mass is 10.4. The summed E-state index contributed by atoms with van der Waals surface area (Å²) >= 11 is 0. The second-order valence-electron chi connectivity index (χ2n) is 1.72. The van der Waals surface area contributed by atoms with Gasteiger partial charge in [0.2, 0.25) is 5.76 Å². The predicted molar refractivity (Wildman–Crippen MR) is 25.1 cm³/mol. The lowest BCUT2D eigenvalue weighted by Crippen LogP contribution is -2.02. The lowest BCUT2D eigenvalue weighted by Gasteiger charge is -1.96. The van der Waals surface area contributed by atoms with Crippen LogP contribution in [-0.2, 0) is 6.18 Å². The smallest absolute Gasteiger partial charge is 0.351 e. The van der Waals surface area contributed by atoms with E-state index in [0.29, 0.717) is 0 Å². The maximum absolute atomic E-state index is 11.6. The molecule has 0 saturated heterocycles. The van der Waals surface area contributed by atoms with Gasteiger partial charge in [-0.2, -0.15) is 13.2 Å². The van der Waals surface area contributed by atoms with Crippen LogP contribution >= 0.6 is 0 Å². The minimum absolute atomic E-state index is 0.104. The SMILES string of the molecule is Cc1[c]c(C(F)(F)F)on1. The Balaban J connectivity index is 2.96. The van der Waals surface area contributed by atoms with Gasteiger partial charge in [-0.1, -0.05) is 5.16 Å². The third-order valence-electron chi connectivity index (χ3n) is 0.826. The molecule has 1 rings (SSSR count). The van der Waals surface area contributed by atoms with Gasteiger partial charge in [0.25, 0.3) is 0 Å². The Kier molecular flexibility index (Phi) is 1.42. The average molecular weight is 150 g/mol. The van der Waals surface area contributed by atoms with Gasteiger partial charge in [0.1, 0.15) is 0 Å². The molecule has 10 heavy (non-hydrogen) atoms. The highest BCUT2D eigenvalue weighted by Crippen LogP contribution is 2.28. The van der Waals surface area contributed by atoms with E-state index in [4.69, 9.17) is 0 Å². The zero-order valence-corrected chi connectivity index (χ0v) is 4.99. The van der Waals surface area contributed by atoms with Crippen LogP contribution in [0.4, 0.5) is 13.2 Å². The van der Waals surface area contributed by atoms with Crippen LogP contribution in [0.15, 0.2) is 4.52 Å². The van der Waals surface area contributed by atoms with Gasteiger partial charge in [-0.25, -0.2) is 0 Å². The van der Waals surface area contributed by atoms with Crippen LogP contribution in [0.25, 0.3) is 0 Å². The fourth-order valence-electron chi connectivity index (χ4n) is 0.447. The van der Waals surface area contributed by atoms with Crippen molar-refractivity contribution in [3.63, 3.8) is 0 Å². The third kappa shape index (κ3) is 1.29. The molecule has 0 spiro atoms. The second-order valence-corrected chi connectivity index (χ2v) is 1.72. The van der Waals surface area contributed by atoms with E-state index >= 15 is 0 Å². The van der Waals surface area contributed by atoms with E-state index in [1.165, 1.54) is 6.92 Å². The fourth-order valence-corrected chi connectivity index (χ4v) is 0.447. The van der Waals surface area contributed by atoms with Crippen molar-refractivity contribution in [2.45, 2.75) is 13.1 Å². The van der Waals surface area contributed by atoms with Crippen LogP contribution in [0.2, 0.25) is 0 Å². The quantitative estimate of drug-likeness (QED) is 0.563. The first-order chi connectivity index (χ1) is 4.50. The second kappa shape index (κ2) is 2.00. The molecular weight excluding hydrogens is 147 g/mol. The summed E-state index contributed by atoms with van der Waals surface area (Å²) in [5.41, 5.74) is 0.104. The van der Waals surface area contributed by atoms with Gasteiger partial charge in [-0.15, -0.1) is 0 Å². The average Bonchev–Trinajstić information content (AvgIpc) is 2.11. The molecule has 0 saturated carbocycles. The molecule has 0 fully saturated rings. The van der Waals surface area contributed by atoms with Gasteiger partial charge in [-0.3, -0.25) is 0 Å². The molecular formula is C5H3F3NO. The molecule has 0 bridgehead atoms. The number of aromatic nitrogens is 1. The highest BCUT2D eigenvalue weighted by atomic mass is 19.4. The van der Waals surface area contributed by atoms with Crippen LogP contribution in [0.5, 0.6) is 0 Å². The number of aryl methyl sites for hydroxylation is 1. The molecule has 0 aliphatic heterocycles. The maximum Gasteiger partial charge on any atom is 0.453 e. The van der Waals surface area contributed by atoms with Crippen molar-refractivity contribution in [3.05, 3.63) is 17.5 Å². The van der Waals surface area contributed by atoms with Crippen LogP contribution in [0.1, 0.15) is 11.5 Å². The molecule has 0 unspecified atom stereocenters. The number of hydrogen-bond donors (Lipinski definition) is 0. The Labute approximate surface area is 54.6 Å². The van der Waals surface area contributed by atoms with Gasteiger partial charge in [0.15, 0.2) is 0 Å². The summed E-state index contributed by atoms with van der Waals surface area (Å²) in [4.78, 5) is 0. The van der Waals surface area contributed by atoms with Gasteiger partial charge in [0, 0.05) is 0 Å². The van der Waals surface area contributed by atoms with Crippen LogP contribution in [0, 0.1) is 13.0 Å². The minimum Gasteiger partial charge on any atom is -0.351 e. The van der Waals surface area contributed by atoms with Gasteiger partial charge in [0.05, 0.1) is 11.8 Å². The summed E-state index contributed by atoms with van der Waals surface area (Å²) < 4.78 is 38.8. The first-order valence-corrected chi connectivity index (χ1v) is 2.43. The Hall–Kier alpha value is -1.00. The number of hydrogen-bond acceptors (Lipinski definition) is 2. The molecule has 1 aromatic rings. The van der Waals surface area contributed by atoms with E-state index in [2.05, 4.69) is 9.68 Å². The van der Waals surface area contributed by atoms with E-state index in [-0.39, 0.29) is 5.69 Å². The van der Waals surface area contributed by atoms with Crippen molar-refractivity contribution in [3.8, 4) is 0 Å². The largest absolute Gasteiger partial charge is 0.453 e. The topological polar surface area (TPSA) is 26.0 Å². The van der Waals surface area contributed by atoms with Gasteiger partial charge < -0.3 is 4.52 Å². The molecule has 0 N–H and O–H groups in total. The normalized spacial score (nSPS) is 12.0. The summed E-state index contributed by atoms with van der Waals surface area (Å²) in [6.07, 6.45) is -4.47. The maximum atomic E-state index is 11.6. The molecule has 0 amide bonds. The van der Waals surface area contributed by atoms with Crippen LogP contribution in [0.3, 0.4) is 0 Å². The molecule has 0 atom stereocenters. The van der Waals surface area contributed by atoms with Crippen LogP contribution in [-0.4, -0.2) is 5.16 Å². The Morgan fingerprint density at radius 3 is 2.30 bits per heavy atom. The fraction of sp³-hybridized carbons (Fsp3) is 0.400. The van der Waals surface area contributed by atoms with Gasteiger partial charge >= 0.3 is 6.18 Å². The minimum atomic E-state index is -4.47. The van der Waals surface area contributed by atoms with E-state index < -0.39 is 11.9 Å². The van der Waals surface area contributed by atoms with Crippen molar-refractivity contribution in [2.75, 3.05) is 0 Å². The summed E-state index contributed by atoms with van der Waals surface area (Å²) in [7, 11) is 0. The highest BCUT2D eigenvalue weighted by Gasteiger charge is 2.35. The van der Waals surface area contributed by atoms with Crippen molar-refractivity contribution < 1.29 is 17.7 Å². The number of alkyl halides is 3. The zero-order valence-electron chi connectivity index (χ0n) is 4.99. The van der Waals surface area contributed by atoms with Crippen molar-refractivity contribution in [1.29, 1.82) is 0 Å². The molecule has 5 heteroatoms. The predicted octanol–water partition coefficient (Wildman–Crippen LogP) is 1.80. The molecule has 0 aromatic carbocycles. The van der Waals surface area contributed by atoms with Crippen molar-refractivity contribution in [2.24, 2.45) is 0 Å². The number of nitrogens with zero attached hydrogens (tertiary/aromatic N) is 1. The van der Waals surface area contributed by atoms with Crippen LogP contribution < -0.4 is 0 Å². The molecule has 1 aromatic heterocycles. The summed E-state index contributed by atoms with van der Waals surface area (Å²) in [5.74, 6) is -1.18. The molecule has 0 aliphatic carbocycles. The Morgan fingerprint density at radius 2 is 2.10 bits per heavy atom. The highest BCUT2D eigenvalue weighted by molar-refractivity contribution is 5.03. The van der Waals surface area contributed by atoms with E-state index in [9.17, 15) is 13.2 Å². The van der Waals surface area contributed by atoms with E-state index in [1.807, 2.05) is 6.07 Å². The zero-order chi connectivity index (χ0) is 7.78. The van der Waals surface area contributed by atoms with Crippen molar-refractivity contribution >= 4 is 0 Å². The molecule has 1 radical (unpaired) electrons. The monoisotopic (exact) mass is 150 g/mol.